The van der Waals surface area contributed by atoms with Crippen molar-refractivity contribution in [3.05, 3.63) is 0 Å². The van der Waals surface area contributed by atoms with E-state index in [1.807, 2.05) is 0 Å². The van der Waals surface area contributed by atoms with E-state index < -0.39 is 6.10 Å². The van der Waals surface area contributed by atoms with Crippen LogP contribution in [0.25, 0.3) is 0 Å². The maximum atomic E-state index is 9.70. The first kappa shape index (κ1) is 19.2. The molecule has 125 valence electrons. The summed E-state index contributed by atoms with van der Waals surface area (Å²) in [7, 11) is 1.59. The third-order valence-electron chi connectivity index (χ3n) is 5.26. The van der Waals surface area contributed by atoms with E-state index >= 15 is 0 Å². The van der Waals surface area contributed by atoms with Gasteiger partial charge in [-0.15, -0.1) is 0 Å². The molecule has 0 aromatic heterocycles. The van der Waals surface area contributed by atoms with Gasteiger partial charge < -0.3 is 24.1 Å². The van der Waals surface area contributed by atoms with Gasteiger partial charge in [-0.25, -0.2) is 0 Å². The largest absolute Gasteiger partial charge is 0.388 e. The molecule has 6 heteroatoms. The first-order valence-corrected chi connectivity index (χ1v) is 8.16. The molecule has 5 unspecified atom stereocenters. The molecule has 1 saturated heterocycles. The molecule has 3 aliphatic rings. The molecule has 2 saturated carbocycles. The molecule has 1 aliphatic heterocycles. The van der Waals surface area contributed by atoms with Crippen molar-refractivity contribution in [2.75, 3.05) is 46.8 Å². The van der Waals surface area contributed by atoms with Gasteiger partial charge in [0.1, 0.15) is 12.2 Å². The number of methoxy groups -OCH3 is 1. The number of hydrogen-bond donors (Lipinski definition) is 1. The van der Waals surface area contributed by atoms with Gasteiger partial charge >= 0.3 is 0 Å². The minimum absolute atomic E-state index is 0. The van der Waals surface area contributed by atoms with Crippen molar-refractivity contribution >= 4 is 0 Å². The summed E-state index contributed by atoms with van der Waals surface area (Å²) < 4.78 is 21.9. The molecule has 0 aromatic carbocycles. The Morgan fingerprint density at radius 3 is 2.59 bits per heavy atom. The molecule has 0 amide bonds. The van der Waals surface area contributed by atoms with E-state index in [9.17, 15) is 5.11 Å². The van der Waals surface area contributed by atoms with Gasteiger partial charge in [0.05, 0.1) is 39.6 Å². The van der Waals surface area contributed by atoms with Crippen LogP contribution in [0.4, 0.5) is 0 Å². The van der Waals surface area contributed by atoms with Crippen LogP contribution in [0.5, 0.6) is 0 Å². The van der Waals surface area contributed by atoms with Crippen molar-refractivity contribution in [1.82, 2.24) is 0 Å². The predicted molar refractivity (Wildman–Crippen MR) is 77.1 cm³/mol. The van der Waals surface area contributed by atoms with Gasteiger partial charge in [-0.05, 0) is 31.1 Å². The predicted octanol–water partition coefficient (Wildman–Crippen LogP) is 1.23. The minimum atomic E-state index is -0.536. The van der Waals surface area contributed by atoms with Crippen LogP contribution in [0.3, 0.4) is 0 Å². The van der Waals surface area contributed by atoms with Gasteiger partial charge in [0.2, 0.25) is 0 Å². The number of aliphatic hydroxyl groups is 1. The molecule has 1 heterocycles. The molecule has 3 fully saturated rings. The minimum Gasteiger partial charge on any atom is -0.388 e. The van der Waals surface area contributed by atoms with Gasteiger partial charge in [-0.2, -0.15) is 0 Å². The van der Waals surface area contributed by atoms with E-state index in [1.165, 1.54) is 25.7 Å². The molecule has 0 aromatic rings. The van der Waals surface area contributed by atoms with E-state index in [2.05, 4.69) is 0 Å². The molecule has 0 spiro atoms. The summed E-state index contributed by atoms with van der Waals surface area (Å²) in [6.45, 7) is 3.70. The number of fused-ring (bicyclic) bond motifs is 2. The Bertz CT molecular complexity index is 338. The molecule has 1 radical (unpaired) electrons. The molecule has 3 rings (SSSR count). The van der Waals surface area contributed by atoms with Crippen molar-refractivity contribution < 1.29 is 56.8 Å². The van der Waals surface area contributed by atoms with Crippen LogP contribution >= 0.6 is 0 Å². The Hall–Kier alpha value is 0.904. The van der Waals surface area contributed by atoms with E-state index in [4.69, 9.17) is 18.9 Å². The fourth-order valence-corrected chi connectivity index (χ4v) is 4.15. The maximum absolute atomic E-state index is 9.70. The van der Waals surface area contributed by atoms with Crippen LogP contribution in [-0.2, 0) is 51.7 Å². The van der Waals surface area contributed by atoms with E-state index in [0.717, 1.165) is 25.0 Å². The smallest absolute Gasteiger partial charge is 0.104 e. The SMILES string of the molecule is COCC(O)COCC1(COCC2CO2)CC2CCC1C2.[Y]. The molecular formula is C16H28O5Y. The van der Waals surface area contributed by atoms with Crippen molar-refractivity contribution in [1.29, 1.82) is 0 Å². The zero-order valence-electron chi connectivity index (χ0n) is 13.5. The van der Waals surface area contributed by atoms with E-state index in [1.54, 1.807) is 7.11 Å². The fraction of sp³-hybridized carbons (Fsp3) is 1.00. The summed E-state index contributed by atoms with van der Waals surface area (Å²) in [6.07, 6.45) is 5.00. The number of rotatable bonds is 10. The zero-order valence-corrected chi connectivity index (χ0v) is 16.4. The molecule has 2 bridgehead atoms. The first-order chi connectivity index (χ1) is 10.2. The van der Waals surface area contributed by atoms with Gasteiger partial charge in [-0.1, -0.05) is 6.42 Å². The van der Waals surface area contributed by atoms with Crippen molar-refractivity contribution in [2.24, 2.45) is 17.3 Å². The Morgan fingerprint density at radius 1 is 1.23 bits per heavy atom. The van der Waals surface area contributed by atoms with Crippen LogP contribution in [0.15, 0.2) is 0 Å². The third-order valence-corrected chi connectivity index (χ3v) is 5.26. The molecule has 5 atom stereocenters. The number of aliphatic hydroxyl groups excluding tert-OH is 1. The second kappa shape index (κ2) is 8.84. The summed E-state index contributed by atoms with van der Waals surface area (Å²) in [5.74, 6) is 1.57. The van der Waals surface area contributed by atoms with Crippen LogP contribution in [0.1, 0.15) is 25.7 Å². The zero-order chi connectivity index (χ0) is 14.7. The van der Waals surface area contributed by atoms with E-state index in [-0.39, 0.29) is 38.1 Å². The first-order valence-electron chi connectivity index (χ1n) is 8.16. The van der Waals surface area contributed by atoms with Crippen LogP contribution in [-0.4, -0.2) is 64.1 Å². The van der Waals surface area contributed by atoms with Crippen molar-refractivity contribution in [2.45, 2.75) is 37.9 Å². The monoisotopic (exact) mass is 389 g/mol. The van der Waals surface area contributed by atoms with E-state index in [0.29, 0.717) is 32.5 Å². The number of hydrogen-bond acceptors (Lipinski definition) is 5. The second-order valence-corrected chi connectivity index (χ2v) is 7.04. The summed E-state index contributed by atoms with van der Waals surface area (Å²) in [4.78, 5) is 0. The van der Waals surface area contributed by atoms with Gasteiger partial charge in [0.25, 0.3) is 0 Å². The molecule has 2 aliphatic carbocycles. The molecule has 5 nitrogen and oxygen atoms in total. The molecular weight excluding hydrogens is 361 g/mol. The second-order valence-electron chi connectivity index (χ2n) is 7.04. The Balaban J connectivity index is 0.00000176. The van der Waals surface area contributed by atoms with Crippen LogP contribution in [0, 0.1) is 17.3 Å². The van der Waals surface area contributed by atoms with Gasteiger partial charge in [-0.3, -0.25) is 0 Å². The fourth-order valence-electron chi connectivity index (χ4n) is 4.15. The van der Waals surface area contributed by atoms with Gasteiger partial charge in [0.15, 0.2) is 0 Å². The van der Waals surface area contributed by atoms with Gasteiger partial charge in [0, 0.05) is 45.2 Å². The average molecular weight is 389 g/mol. The van der Waals surface area contributed by atoms with Crippen molar-refractivity contribution in [3.63, 3.8) is 0 Å². The Kier molecular flexibility index (Phi) is 7.73. The third kappa shape index (κ3) is 4.95. The van der Waals surface area contributed by atoms with Crippen LogP contribution < -0.4 is 0 Å². The number of epoxide rings is 1. The standard InChI is InChI=1S/C16H28O5.Y/c1-18-6-14(17)7-19-10-16(11-20-8-15-9-21-15)5-12-2-3-13(16)4-12;/h12-15,17H,2-11H2,1H3;. The molecule has 22 heavy (non-hydrogen) atoms. The maximum Gasteiger partial charge on any atom is 0.104 e. The quantitative estimate of drug-likeness (QED) is 0.570. The summed E-state index contributed by atoms with van der Waals surface area (Å²) in [6, 6.07) is 0. The average Bonchev–Trinajstić information content (AvgIpc) is 3.06. The number of ether oxygens (including phenoxy) is 4. The molecule has 1 N–H and O–H groups in total. The Morgan fingerprint density at radius 2 is 2.00 bits per heavy atom. The van der Waals surface area contributed by atoms with Crippen molar-refractivity contribution in [3.8, 4) is 0 Å². The summed E-state index contributed by atoms with van der Waals surface area (Å²) in [5.41, 5.74) is 0.157. The summed E-state index contributed by atoms with van der Waals surface area (Å²) in [5, 5.41) is 9.70. The normalized spacial score (nSPS) is 37.1. The summed E-state index contributed by atoms with van der Waals surface area (Å²) >= 11 is 0. The van der Waals surface area contributed by atoms with Crippen LogP contribution in [0.2, 0.25) is 0 Å². The topological polar surface area (TPSA) is 60.5 Å². The Labute approximate surface area is 158 Å².